The van der Waals surface area contributed by atoms with E-state index in [1.54, 1.807) is 0 Å². The first kappa shape index (κ1) is 16.7. The topological polar surface area (TPSA) is 55.4 Å². The Bertz CT molecular complexity index is 337. The van der Waals surface area contributed by atoms with Crippen LogP contribution in [0.2, 0.25) is 0 Å². The Kier molecular flexibility index (Phi) is 8.76. The molecular weight excluding hydrogens is 254 g/mol. The Balaban J connectivity index is 1.85. The zero-order valence-corrected chi connectivity index (χ0v) is 12.6. The first-order valence-electron chi connectivity index (χ1n) is 7.95. The lowest BCUT2D eigenvalue weighted by Crippen LogP contribution is -2.19. The maximum Gasteiger partial charge on any atom is 0.362 e. The first-order chi connectivity index (χ1) is 9.74. The van der Waals surface area contributed by atoms with Crippen LogP contribution in [0.15, 0.2) is 11.8 Å². The predicted octanol–water partition coefficient (Wildman–Crippen LogP) is 3.46. The lowest BCUT2D eigenvalue weighted by molar-refractivity contribution is -0.150. The van der Waals surface area contributed by atoms with Gasteiger partial charge in [-0.25, -0.2) is 9.59 Å². The fourth-order valence-corrected chi connectivity index (χ4v) is 2.31. The number of nitrogens with one attached hydrogen (secondary N) is 1. The van der Waals surface area contributed by atoms with E-state index in [4.69, 9.17) is 0 Å². The van der Waals surface area contributed by atoms with Crippen molar-refractivity contribution in [2.45, 2.75) is 71.1 Å². The minimum absolute atomic E-state index is 0.297. The zero-order valence-electron chi connectivity index (χ0n) is 12.6. The van der Waals surface area contributed by atoms with Crippen LogP contribution in [-0.2, 0) is 14.3 Å². The fourth-order valence-electron chi connectivity index (χ4n) is 2.31. The SMILES string of the molecule is CCCCCCCCCCCCNC1=CC(=O)OC1=O. The van der Waals surface area contributed by atoms with Crippen LogP contribution in [0.3, 0.4) is 0 Å². The molecule has 0 bridgehead atoms. The zero-order chi connectivity index (χ0) is 14.6. The van der Waals surface area contributed by atoms with Crippen LogP contribution in [-0.4, -0.2) is 18.5 Å². The summed E-state index contributed by atoms with van der Waals surface area (Å²) in [5.41, 5.74) is 0.297. The molecule has 1 aliphatic heterocycles. The number of ether oxygens (including phenoxy) is 1. The molecule has 0 unspecified atom stereocenters. The summed E-state index contributed by atoms with van der Waals surface area (Å²) in [6.45, 7) is 2.97. The summed E-state index contributed by atoms with van der Waals surface area (Å²) in [7, 11) is 0. The Hall–Kier alpha value is -1.32. The van der Waals surface area contributed by atoms with Gasteiger partial charge in [-0.2, -0.15) is 0 Å². The number of carbonyl (C=O) groups excluding carboxylic acids is 2. The third kappa shape index (κ3) is 7.31. The Morgan fingerprint density at radius 1 is 0.900 bits per heavy atom. The van der Waals surface area contributed by atoms with E-state index < -0.39 is 11.9 Å². The van der Waals surface area contributed by atoms with Gasteiger partial charge < -0.3 is 10.1 Å². The molecule has 0 spiro atoms. The monoisotopic (exact) mass is 281 g/mol. The molecule has 0 aromatic rings. The van der Waals surface area contributed by atoms with Crippen LogP contribution in [0, 0.1) is 0 Å². The van der Waals surface area contributed by atoms with Crippen molar-refractivity contribution in [3.05, 3.63) is 11.8 Å². The molecule has 0 aromatic heterocycles. The Morgan fingerprint density at radius 3 is 1.95 bits per heavy atom. The second kappa shape index (κ2) is 10.5. The molecule has 0 fully saturated rings. The molecule has 20 heavy (non-hydrogen) atoms. The highest BCUT2D eigenvalue weighted by molar-refractivity contribution is 6.08. The summed E-state index contributed by atoms with van der Waals surface area (Å²) in [6, 6.07) is 0. The van der Waals surface area contributed by atoms with Crippen molar-refractivity contribution < 1.29 is 14.3 Å². The number of hydrogen-bond acceptors (Lipinski definition) is 4. The summed E-state index contributed by atoms with van der Waals surface area (Å²) in [6.07, 6.45) is 14.1. The number of carbonyl (C=O) groups is 2. The molecule has 0 atom stereocenters. The first-order valence-corrected chi connectivity index (χ1v) is 7.95. The average Bonchev–Trinajstić information content (AvgIpc) is 2.74. The van der Waals surface area contributed by atoms with Gasteiger partial charge in [0.2, 0.25) is 0 Å². The van der Waals surface area contributed by atoms with E-state index in [9.17, 15) is 9.59 Å². The van der Waals surface area contributed by atoms with Crippen molar-refractivity contribution in [1.82, 2.24) is 5.32 Å². The van der Waals surface area contributed by atoms with Crippen molar-refractivity contribution in [2.24, 2.45) is 0 Å². The molecule has 0 saturated carbocycles. The van der Waals surface area contributed by atoms with Gasteiger partial charge in [-0.15, -0.1) is 0 Å². The van der Waals surface area contributed by atoms with E-state index in [0.29, 0.717) is 5.70 Å². The largest absolute Gasteiger partial charge is 0.385 e. The van der Waals surface area contributed by atoms with Gasteiger partial charge in [0, 0.05) is 6.54 Å². The number of unbranched alkanes of at least 4 members (excludes halogenated alkanes) is 9. The quantitative estimate of drug-likeness (QED) is 0.338. The predicted molar refractivity (Wildman–Crippen MR) is 79.0 cm³/mol. The standard InChI is InChI=1S/C16H27NO3/c1-2-3-4-5-6-7-8-9-10-11-12-17-14-13-15(18)20-16(14)19/h13,17H,2-12H2,1H3. The summed E-state index contributed by atoms with van der Waals surface area (Å²) < 4.78 is 4.39. The number of rotatable bonds is 12. The van der Waals surface area contributed by atoms with Gasteiger partial charge in [-0.1, -0.05) is 64.7 Å². The molecule has 0 saturated heterocycles. The van der Waals surface area contributed by atoms with E-state index in [0.717, 1.165) is 19.4 Å². The highest BCUT2D eigenvalue weighted by Gasteiger charge is 2.22. The Labute approximate surface area is 122 Å². The van der Waals surface area contributed by atoms with E-state index >= 15 is 0 Å². The molecule has 1 rings (SSSR count). The molecular formula is C16H27NO3. The van der Waals surface area contributed by atoms with E-state index in [2.05, 4.69) is 17.0 Å². The molecule has 114 valence electrons. The van der Waals surface area contributed by atoms with Crippen molar-refractivity contribution in [2.75, 3.05) is 6.54 Å². The second-order valence-corrected chi connectivity index (χ2v) is 5.38. The number of hydrogen-bond donors (Lipinski definition) is 1. The molecule has 4 nitrogen and oxygen atoms in total. The highest BCUT2D eigenvalue weighted by Crippen LogP contribution is 2.10. The maximum atomic E-state index is 11.1. The summed E-state index contributed by atoms with van der Waals surface area (Å²) in [4.78, 5) is 21.9. The third-order valence-electron chi connectivity index (χ3n) is 3.52. The van der Waals surface area contributed by atoms with Crippen LogP contribution in [0.1, 0.15) is 71.1 Å². The van der Waals surface area contributed by atoms with Crippen molar-refractivity contribution in [3.63, 3.8) is 0 Å². The van der Waals surface area contributed by atoms with Gasteiger partial charge in [-0.05, 0) is 6.42 Å². The molecule has 0 aromatic carbocycles. The van der Waals surface area contributed by atoms with E-state index in [-0.39, 0.29) is 0 Å². The van der Waals surface area contributed by atoms with Gasteiger partial charge in [-0.3, -0.25) is 0 Å². The van der Waals surface area contributed by atoms with Crippen LogP contribution in [0.4, 0.5) is 0 Å². The summed E-state index contributed by atoms with van der Waals surface area (Å²) >= 11 is 0. The lowest BCUT2D eigenvalue weighted by atomic mass is 10.1. The van der Waals surface area contributed by atoms with Gasteiger partial charge in [0.15, 0.2) is 0 Å². The lowest BCUT2D eigenvalue weighted by Gasteiger charge is -2.04. The maximum absolute atomic E-state index is 11.1. The molecule has 1 N–H and O–H groups in total. The molecule has 1 aliphatic rings. The molecule has 0 aliphatic carbocycles. The Morgan fingerprint density at radius 2 is 1.45 bits per heavy atom. The number of esters is 2. The summed E-state index contributed by atoms with van der Waals surface area (Å²) in [5.74, 6) is -1.12. The van der Waals surface area contributed by atoms with Gasteiger partial charge in [0.1, 0.15) is 5.70 Å². The van der Waals surface area contributed by atoms with Gasteiger partial charge >= 0.3 is 11.9 Å². The van der Waals surface area contributed by atoms with Crippen LogP contribution >= 0.6 is 0 Å². The summed E-state index contributed by atoms with van der Waals surface area (Å²) in [5, 5.41) is 2.95. The fraction of sp³-hybridized carbons (Fsp3) is 0.750. The third-order valence-corrected chi connectivity index (χ3v) is 3.52. The normalized spacial score (nSPS) is 14.3. The van der Waals surface area contributed by atoms with Crippen LogP contribution < -0.4 is 5.32 Å². The van der Waals surface area contributed by atoms with Crippen LogP contribution in [0.25, 0.3) is 0 Å². The molecule has 4 heteroatoms. The van der Waals surface area contributed by atoms with Crippen molar-refractivity contribution >= 4 is 11.9 Å². The molecule has 1 heterocycles. The molecule has 0 amide bonds. The van der Waals surface area contributed by atoms with E-state index in [1.807, 2.05) is 0 Å². The van der Waals surface area contributed by atoms with Crippen molar-refractivity contribution in [3.8, 4) is 0 Å². The minimum Gasteiger partial charge on any atom is -0.385 e. The number of cyclic esters (lactones) is 2. The second-order valence-electron chi connectivity index (χ2n) is 5.38. The van der Waals surface area contributed by atoms with Gasteiger partial charge in [0.25, 0.3) is 0 Å². The smallest absolute Gasteiger partial charge is 0.362 e. The minimum atomic E-state index is -0.569. The van der Waals surface area contributed by atoms with Crippen molar-refractivity contribution in [1.29, 1.82) is 0 Å². The van der Waals surface area contributed by atoms with Gasteiger partial charge in [0.05, 0.1) is 6.08 Å². The van der Waals surface area contributed by atoms with E-state index in [1.165, 1.54) is 57.4 Å². The van der Waals surface area contributed by atoms with Crippen LogP contribution in [0.5, 0.6) is 0 Å². The molecule has 0 radical (unpaired) electrons. The highest BCUT2D eigenvalue weighted by atomic mass is 16.6. The average molecular weight is 281 g/mol.